The Balaban J connectivity index is 0.000000245. The number of benzene rings is 1. The minimum atomic E-state index is -4.14. The average molecular weight is 1350 g/mol. The smallest absolute Gasteiger partial charge is 0.543 e. The minimum absolute atomic E-state index is 0. The summed E-state index contributed by atoms with van der Waals surface area (Å²) in [4.78, 5) is 125. The summed E-state index contributed by atoms with van der Waals surface area (Å²) in [5.74, 6) is -5.65. The van der Waals surface area contributed by atoms with Crippen LogP contribution >= 0.6 is 0 Å². The molecule has 9 aliphatic rings. The van der Waals surface area contributed by atoms with Crippen molar-refractivity contribution in [2.24, 2.45) is 11.8 Å². The predicted octanol–water partition coefficient (Wildman–Crippen LogP) is 2.56. The van der Waals surface area contributed by atoms with Crippen LogP contribution in [0.1, 0.15) is 182 Å². The molecule has 1 aromatic carbocycles. The molecule has 4 aliphatic carbocycles. The third-order valence-corrected chi connectivity index (χ3v) is 22.9. The number of aliphatic hydroxyl groups excluding tert-OH is 1. The molecule has 9 amide bonds. The first-order chi connectivity index (χ1) is 43.0. The molecule has 0 spiro atoms. The molecule has 6 N–H and O–H groups in total. The van der Waals surface area contributed by atoms with Crippen LogP contribution in [0.5, 0.6) is 0 Å². The summed E-state index contributed by atoms with van der Waals surface area (Å²) in [7, 11) is -8.07. The van der Waals surface area contributed by atoms with Crippen molar-refractivity contribution < 1.29 is 113 Å². The molecule has 6 fully saturated rings. The van der Waals surface area contributed by atoms with Crippen LogP contribution in [0.2, 0.25) is 0 Å². The van der Waals surface area contributed by atoms with E-state index in [-0.39, 0.29) is 87.8 Å². The molecule has 5 aliphatic heterocycles. The molecule has 10 atom stereocenters. The van der Waals surface area contributed by atoms with E-state index < -0.39 is 160 Å². The first-order valence-corrected chi connectivity index (χ1v) is 35.0. The van der Waals surface area contributed by atoms with Crippen LogP contribution in [0.15, 0.2) is 42.5 Å². The summed E-state index contributed by atoms with van der Waals surface area (Å²) >= 11 is 0. The van der Waals surface area contributed by atoms with Crippen LogP contribution in [0.25, 0.3) is 4.72 Å². The Morgan fingerprint density at radius 3 is 1.72 bits per heavy atom. The number of halogens is 1. The monoisotopic (exact) mass is 1350 g/mol. The fraction of sp³-hybridized carbons (Fsp3) is 0.698. The molecule has 26 nitrogen and oxygen atoms in total. The zero-order chi connectivity index (χ0) is 67.1. The first kappa shape index (κ1) is 72.9. The quantitative estimate of drug-likeness (QED) is 0.118. The minimum Gasteiger partial charge on any atom is -0.543 e. The van der Waals surface area contributed by atoms with E-state index in [4.69, 9.17) is 14.2 Å². The number of carbonyl (C=O) groups is 9. The van der Waals surface area contributed by atoms with E-state index in [9.17, 15) is 69.5 Å². The van der Waals surface area contributed by atoms with Crippen LogP contribution in [0.4, 0.5) is 18.8 Å². The third-order valence-electron chi connectivity index (χ3n) is 18.7. The van der Waals surface area contributed by atoms with E-state index in [1.807, 2.05) is 18.2 Å². The molecule has 0 aromatic heterocycles. The predicted molar refractivity (Wildman–Crippen MR) is 331 cm³/mol. The summed E-state index contributed by atoms with van der Waals surface area (Å²) in [6.07, 6.45) is 11.2. The average Bonchev–Trinajstić information content (AvgIpc) is 1.57. The molecule has 0 unspecified atom stereocenters. The number of alkyl carbamates (subject to hydrolysis) is 2. The number of amides is 9. The standard InChI is InChI=1S/C36H48FN5O9S.C27H42N4O8S.Na/c1-34(2,3)51-32(46)38-27-14-9-7-5-6-8-12-23-18-36(23,31(45)40-52(48,49)35(4)15-16-35)39-29(43)28-17-24(20-42(28)30(27)44)50-33(47)41-19-22-11-10-13-26(37)25(22)21-41;1-25(2,3)39-24(36)28-19-11-9-7-5-6-8-10-17-15-27(17,23(35)30-40(37,38)26(4)12-13-26)29-21(33)20-14-18(32)16-31(20)22(19)34;/h8,10-13,23-24,27-28H,5-7,9,14-21H2,1-4H3,(H3,38,39,40,43,45,46);8,10,17-20,32H,5-7,9,11-16H2,1-4H3,(H,28,36)(H,29,33)(H,30,35);/q;;+1/p-1/b12-8-;10-8-;/t23-,24-,27+,28+,36-;17-,18-,19+,20+,27-;/m11./s1. The second-order valence-corrected chi connectivity index (χ2v) is 33.0. The van der Waals surface area contributed by atoms with E-state index in [1.165, 1.54) is 27.7 Å². The number of ether oxygens (including phenoxy) is 3. The van der Waals surface area contributed by atoms with Gasteiger partial charge in [-0.1, -0.05) is 62.1 Å². The Hall–Kier alpha value is -5.88. The third kappa shape index (κ3) is 17.2. The SMILES string of the molecule is CC(C)(C)OC(=O)N[C@H]1CCCCC/C=C\[C@@H]2C[C@@]2(C(=O)NS(=O)(=O)C2(C)CC2)NC(=O)[C@@H]2C[C@@H](O)CN2C1=O.CC(C)(C)OC(=O)N[C@H]1CCCCC/C=C\[C@@H]2C[C@@]2(C(=O)[N-]S(=O)(=O)C2(C)CC2)NC(=O)[C@@H]2C[C@@H](OC(=O)N3Cc4cccc(F)c4C3)CN2C1=O.[Na+]. The molecular weight excluding hydrogens is 1260 g/mol. The summed E-state index contributed by atoms with van der Waals surface area (Å²) < 4.78 is 86.3. The second kappa shape index (κ2) is 28.1. The van der Waals surface area contributed by atoms with Crippen molar-refractivity contribution >= 4 is 73.8 Å². The zero-order valence-electron chi connectivity index (χ0n) is 54.7. The topological polar surface area (TPSA) is 354 Å². The fourth-order valence-corrected chi connectivity index (χ4v) is 14.9. The molecule has 10 rings (SSSR count). The van der Waals surface area contributed by atoms with Crippen LogP contribution in [-0.2, 0) is 76.1 Å². The number of nitrogens with one attached hydrogen (secondary N) is 5. The van der Waals surface area contributed by atoms with E-state index in [0.717, 1.165) is 19.3 Å². The molecule has 0 radical (unpaired) electrons. The molecule has 30 heteroatoms. The van der Waals surface area contributed by atoms with Crippen molar-refractivity contribution in [2.45, 2.75) is 252 Å². The zero-order valence-corrected chi connectivity index (χ0v) is 58.3. The van der Waals surface area contributed by atoms with Gasteiger partial charge in [0.15, 0.2) is 0 Å². The van der Waals surface area contributed by atoms with Gasteiger partial charge in [0.25, 0.3) is 5.91 Å². The van der Waals surface area contributed by atoms with Crippen molar-refractivity contribution in [3.8, 4) is 0 Å². The van der Waals surface area contributed by atoms with E-state index >= 15 is 0 Å². The molecule has 93 heavy (non-hydrogen) atoms. The summed E-state index contributed by atoms with van der Waals surface area (Å²) in [5.41, 5.74) is -3.68. The van der Waals surface area contributed by atoms with Crippen molar-refractivity contribution in [2.75, 3.05) is 13.1 Å². The maximum Gasteiger partial charge on any atom is 1.00 e. The largest absolute Gasteiger partial charge is 1.00 e. The van der Waals surface area contributed by atoms with Crippen LogP contribution < -0.4 is 55.5 Å². The van der Waals surface area contributed by atoms with Gasteiger partial charge in [0.1, 0.15) is 62.9 Å². The molecular formula is C63H89FN9NaO17S2. The fourth-order valence-electron chi connectivity index (χ4n) is 12.4. The van der Waals surface area contributed by atoms with Crippen LogP contribution in [0.3, 0.4) is 0 Å². The Labute approximate surface area is 565 Å². The number of allylic oxidation sites excluding steroid dienone is 2. The number of nitrogens with zero attached hydrogens (tertiary/aromatic N) is 4. The Morgan fingerprint density at radius 1 is 0.688 bits per heavy atom. The molecule has 5 heterocycles. The number of carbonyl (C=O) groups excluding carboxylic acids is 9. The van der Waals surface area contributed by atoms with Gasteiger partial charge in [0.05, 0.1) is 40.1 Å². The van der Waals surface area contributed by atoms with Gasteiger partial charge >= 0.3 is 47.8 Å². The van der Waals surface area contributed by atoms with Crippen molar-refractivity contribution in [1.29, 1.82) is 0 Å². The van der Waals surface area contributed by atoms with Crippen molar-refractivity contribution in [3.05, 3.63) is 64.2 Å². The number of hydrogen-bond acceptors (Lipinski definition) is 17. The Kier molecular flexibility index (Phi) is 22.0. The summed E-state index contributed by atoms with van der Waals surface area (Å²) in [5, 5.41) is 21.2. The number of fused-ring (bicyclic) bond motifs is 5. The van der Waals surface area contributed by atoms with Crippen LogP contribution in [-0.4, -0.2) is 172 Å². The maximum atomic E-state index is 14.4. The van der Waals surface area contributed by atoms with Crippen LogP contribution in [0, 0.1) is 17.7 Å². The van der Waals surface area contributed by atoms with E-state index in [0.29, 0.717) is 75.3 Å². The number of aliphatic hydroxyl groups is 1. The maximum absolute atomic E-state index is 14.4. The molecule has 1 aromatic rings. The number of rotatable bonds is 9. The second-order valence-electron chi connectivity index (χ2n) is 28.7. The number of hydrogen-bond donors (Lipinski definition) is 6. The van der Waals surface area contributed by atoms with Gasteiger partial charge < -0.3 is 59.9 Å². The van der Waals surface area contributed by atoms with Gasteiger partial charge in [0.2, 0.25) is 33.7 Å². The molecule has 4 saturated carbocycles. The van der Waals surface area contributed by atoms with Crippen molar-refractivity contribution in [3.63, 3.8) is 0 Å². The van der Waals surface area contributed by atoms with Gasteiger partial charge in [-0.15, -0.1) is 0 Å². The van der Waals surface area contributed by atoms with Gasteiger partial charge in [-0.3, -0.25) is 33.6 Å². The summed E-state index contributed by atoms with van der Waals surface area (Å²) in [6.45, 7) is 13.1. The van der Waals surface area contributed by atoms with E-state index in [2.05, 4.69) is 30.7 Å². The Bertz CT molecular complexity index is 3390. The number of sulfonamides is 2. The normalized spacial score (nSPS) is 30.7. The van der Waals surface area contributed by atoms with E-state index in [1.54, 1.807) is 66.7 Å². The first-order valence-electron chi connectivity index (χ1n) is 32.0. The molecule has 0 bridgehead atoms. The molecule has 508 valence electrons. The van der Waals surface area contributed by atoms with Crippen molar-refractivity contribution in [1.82, 2.24) is 40.7 Å². The van der Waals surface area contributed by atoms with Gasteiger partial charge in [-0.05, 0) is 144 Å². The van der Waals surface area contributed by atoms with Gasteiger partial charge in [0, 0.05) is 43.3 Å². The van der Waals surface area contributed by atoms with Gasteiger partial charge in [-0.2, -0.15) is 0 Å². The summed E-state index contributed by atoms with van der Waals surface area (Å²) in [6, 6.07) is 0.200. The van der Waals surface area contributed by atoms with Gasteiger partial charge in [-0.25, -0.2) is 35.6 Å². The molecule has 2 saturated heterocycles. The Morgan fingerprint density at radius 2 is 1.19 bits per heavy atom.